The van der Waals surface area contributed by atoms with Crippen LogP contribution >= 0.6 is 0 Å². The second kappa shape index (κ2) is 4.78. The zero-order valence-electron chi connectivity index (χ0n) is 11.3. The largest absolute Gasteiger partial charge is 0.461 e. The third kappa shape index (κ3) is 1.83. The number of fused-ring (bicyclic) bond motifs is 1. The van der Waals surface area contributed by atoms with Crippen molar-refractivity contribution in [3.8, 4) is 11.6 Å². The average Bonchev–Trinajstić information content (AvgIpc) is 3.15. The van der Waals surface area contributed by atoms with E-state index < -0.39 is 0 Å². The summed E-state index contributed by atoms with van der Waals surface area (Å²) in [4.78, 5) is 9.28. The fraction of sp³-hybridized carbons (Fsp3) is 0.375. The fourth-order valence-corrected chi connectivity index (χ4v) is 3.19. The molecule has 1 fully saturated rings. The lowest BCUT2D eigenvalue weighted by atomic mass is 9.95. The first-order chi connectivity index (χ1) is 9.93. The minimum Gasteiger partial charge on any atom is -0.461 e. The van der Waals surface area contributed by atoms with Crippen LogP contribution in [0, 0.1) is 0 Å². The van der Waals surface area contributed by atoms with Crippen LogP contribution in [0.3, 0.4) is 0 Å². The molecule has 0 unspecified atom stereocenters. The Labute approximate surface area is 117 Å². The van der Waals surface area contributed by atoms with Gasteiger partial charge in [0.2, 0.25) is 0 Å². The Kier molecular flexibility index (Phi) is 2.80. The summed E-state index contributed by atoms with van der Waals surface area (Å²) >= 11 is 0. The molecule has 3 aromatic rings. The third-order valence-electron chi connectivity index (χ3n) is 4.13. The van der Waals surface area contributed by atoms with E-state index >= 15 is 0 Å². The SMILES string of the molecule is c1coc(-c2nc3cccnc3n2C2CCCCC2)c1. The maximum atomic E-state index is 5.57. The number of hydrogen-bond acceptors (Lipinski definition) is 3. The molecule has 1 aliphatic carbocycles. The van der Waals surface area contributed by atoms with Crippen molar-refractivity contribution in [3.63, 3.8) is 0 Å². The van der Waals surface area contributed by atoms with Gasteiger partial charge in [0.25, 0.3) is 0 Å². The molecule has 0 radical (unpaired) electrons. The van der Waals surface area contributed by atoms with Crippen LogP contribution < -0.4 is 0 Å². The van der Waals surface area contributed by atoms with Crippen molar-refractivity contribution in [3.05, 3.63) is 36.7 Å². The van der Waals surface area contributed by atoms with Crippen LogP contribution in [0.25, 0.3) is 22.7 Å². The van der Waals surface area contributed by atoms with Crippen molar-refractivity contribution < 1.29 is 4.42 Å². The topological polar surface area (TPSA) is 43.9 Å². The molecule has 0 aromatic carbocycles. The third-order valence-corrected chi connectivity index (χ3v) is 4.13. The quantitative estimate of drug-likeness (QED) is 0.699. The number of rotatable bonds is 2. The summed E-state index contributed by atoms with van der Waals surface area (Å²) in [5.41, 5.74) is 1.93. The normalized spacial score (nSPS) is 16.8. The van der Waals surface area contributed by atoms with E-state index in [0.29, 0.717) is 6.04 Å². The number of nitrogens with zero attached hydrogens (tertiary/aromatic N) is 3. The predicted molar refractivity (Wildman–Crippen MR) is 77.4 cm³/mol. The van der Waals surface area contributed by atoms with Crippen molar-refractivity contribution >= 4 is 11.2 Å². The highest BCUT2D eigenvalue weighted by atomic mass is 16.3. The van der Waals surface area contributed by atoms with Crippen molar-refractivity contribution in [1.82, 2.24) is 14.5 Å². The van der Waals surface area contributed by atoms with Crippen LogP contribution in [0.1, 0.15) is 38.1 Å². The maximum absolute atomic E-state index is 5.57. The van der Waals surface area contributed by atoms with Crippen LogP contribution in [0.4, 0.5) is 0 Å². The summed E-state index contributed by atoms with van der Waals surface area (Å²) < 4.78 is 7.85. The smallest absolute Gasteiger partial charge is 0.178 e. The van der Waals surface area contributed by atoms with Gasteiger partial charge in [-0.2, -0.15) is 0 Å². The molecule has 0 amide bonds. The van der Waals surface area contributed by atoms with Gasteiger partial charge in [-0.1, -0.05) is 19.3 Å². The molecular weight excluding hydrogens is 250 g/mol. The Morgan fingerprint density at radius 1 is 1.10 bits per heavy atom. The lowest BCUT2D eigenvalue weighted by molar-refractivity contribution is 0.359. The Morgan fingerprint density at radius 3 is 2.80 bits per heavy atom. The van der Waals surface area contributed by atoms with Crippen molar-refractivity contribution in [2.75, 3.05) is 0 Å². The molecule has 0 atom stereocenters. The molecule has 1 aliphatic rings. The maximum Gasteiger partial charge on any atom is 0.178 e. The minimum atomic E-state index is 0.490. The number of imidazole rings is 1. The molecule has 4 nitrogen and oxygen atoms in total. The molecule has 3 aromatic heterocycles. The van der Waals surface area contributed by atoms with Gasteiger partial charge >= 0.3 is 0 Å². The minimum absolute atomic E-state index is 0.490. The Balaban J connectivity index is 1.93. The Hall–Kier alpha value is -2.10. The van der Waals surface area contributed by atoms with E-state index in [2.05, 4.69) is 9.55 Å². The van der Waals surface area contributed by atoms with E-state index in [1.807, 2.05) is 30.5 Å². The summed E-state index contributed by atoms with van der Waals surface area (Å²) in [5.74, 6) is 1.74. The molecule has 102 valence electrons. The van der Waals surface area contributed by atoms with Gasteiger partial charge in [-0.05, 0) is 37.1 Å². The molecule has 0 aliphatic heterocycles. The highest BCUT2D eigenvalue weighted by molar-refractivity contribution is 5.76. The van der Waals surface area contributed by atoms with Gasteiger partial charge in [0.15, 0.2) is 17.2 Å². The van der Waals surface area contributed by atoms with Gasteiger partial charge < -0.3 is 8.98 Å². The molecule has 20 heavy (non-hydrogen) atoms. The molecule has 0 bridgehead atoms. The molecule has 0 spiro atoms. The van der Waals surface area contributed by atoms with E-state index in [-0.39, 0.29) is 0 Å². The molecule has 4 rings (SSSR count). The first kappa shape index (κ1) is 11.7. The second-order valence-corrected chi connectivity index (χ2v) is 5.42. The Morgan fingerprint density at radius 2 is 2.00 bits per heavy atom. The zero-order valence-corrected chi connectivity index (χ0v) is 11.3. The lowest BCUT2D eigenvalue weighted by Gasteiger charge is -2.24. The van der Waals surface area contributed by atoms with Gasteiger partial charge in [-0.25, -0.2) is 9.97 Å². The molecular formula is C16H17N3O. The first-order valence-electron chi connectivity index (χ1n) is 7.30. The number of pyridine rings is 1. The van der Waals surface area contributed by atoms with E-state index in [1.165, 1.54) is 32.1 Å². The summed E-state index contributed by atoms with van der Waals surface area (Å²) in [7, 11) is 0. The van der Waals surface area contributed by atoms with Gasteiger partial charge in [0.05, 0.1) is 6.26 Å². The van der Waals surface area contributed by atoms with Crippen molar-refractivity contribution in [2.24, 2.45) is 0 Å². The summed E-state index contributed by atoms with van der Waals surface area (Å²) in [6.07, 6.45) is 9.87. The van der Waals surface area contributed by atoms with Crippen LogP contribution in [0.15, 0.2) is 41.1 Å². The van der Waals surface area contributed by atoms with Gasteiger partial charge in [-0.3, -0.25) is 0 Å². The molecule has 0 N–H and O–H groups in total. The highest BCUT2D eigenvalue weighted by Crippen LogP contribution is 2.35. The Bertz CT molecular complexity index is 708. The van der Waals surface area contributed by atoms with Crippen LogP contribution in [-0.2, 0) is 0 Å². The van der Waals surface area contributed by atoms with Gasteiger partial charge in [-0.15, -0.1) is 0 Å². The standard InChI is InChI=1S/C16H17N3O/c1-2-6-12(7-3-1)19-15-13(8-4-10-17-15)18-16(19)14-9-5-11-20-14/h4-5,8-12H,1-3,6-7H2. The summed E-state index contributed by atoms with van der Waals surface area (Å²) in [6.45, 7) is 0. The summed E-state index contributed by atoms with van der Waals surface area (Å²) in [6, 6.07) is 8.33. The molecule has 0 saturated heterocycles. The summed E-state index contributed by atoms with van der Waals surface area (Å²) in [5, 5.41) is 0. The van der Waals surface area contributed by atoms with Crippen LogP contribution in [0.5, 0.6) is 0 Å². The zero-order chi connectivity index (χ0) is 13.4. The van der Waals surface area contributed by atoms with Crippen molar-refractivity contribution in [1.29, 1.82) is 0 Å². The van der Waals surface area contributed by atoms with E-state index in [1.54, 1.807) is 6.26 Å². The van der Waals surface area contributed by atoms with Crippen molar-refractivity contribution in [2.45, 2.75) is 38.1 Å². The van der Waals surface area contributed by atoms with Crippen LogP contribution in [0.2, 0.25) is 0 Å². The first-order valence-corrected chi connectivity index (χ1v) is 7.30. The molecule has 1 saturated carbocycles. The molecule has 3 heterocycles. The number of hydrogen-bond donors (Lipinski definition) is 0. The number of aromatic nitrogens is 3. The van der Waals surface area contributed by atoms with E-state index in [4.69, 9.17) is 9.40 Å². The van der Waals surface area contributed by atoms with Crippen LogP contribution in [-0.4, -0.2) is 14.5 Å². The fourth-order valence-electron chi connectivity index (χ4n) is 3.19. The number of furan rings is 1. The van der Waals surface area contributed by atoms with E-state index in [9.17, 15) is 0 Å². The van der Waals surface area contributed by atoms with Gasteiger partial charge in [0.1, 0.15) is 5.52 Å². The predicted octanol–water partition coefficient (Wildman–Crippen LogP) is 4.20. The lowest BCUT2D eigenvalue weighted by Crippen LogP contribution is -2.14. The average molecular weight is 267 g/mol. The van der Waals surface area contributed by atoms with E-state index in [0.717, 1.165) is 22.7 Å². The molecule has 4 heteroatoms. The highest BCUT2D eigenvalue weighted by Gasteiger charge is 2.23. The monoisotopic (exact) mass is 267 g/mol. The second-order valence-electron chi connectivity index (χ2n) is 5.42. The van der Waals surface area contributed by atoms with Gasteiger partial charge in [0, 0.05) is 12.2 Å².